The molecule has 152 valence electrons. The second-order valence-corrected chi connectivity index (χ2v) is 7.29. The standard InChI is InChI=1S/C19H22F3N3O3/c20-19(21,22)13-6-8-14(9-7-13)23-15(26)12-25-16(27)18(24-17(25)28)10-4-2-1-3-5-11-18/h6-9H,1-5,10-12H2,(H,23,26)(H,24,28). The molecule has 1 aromatic carbocycles. The molecule has 9 heteroatoms. The number of carbonyl (C=O) groups is 3. The topological polar surface area (TPSA) is 78.5 Å². The number of carbonyl (C=O) groups excluding carboxylic acids is 3. The van der Waals surface area contributed by atoms with E-state index >= 15 is 0 Å². The van der Waals surface area contributed by atoms with Gasteiger partial charge in [0.15, 0.2) is 0 Å². The van der Waals surface area contributed by atoms with Crippen LogP contribution in [0.5, 0.6) is 0 Å². The molecule has 1 aliphatic carbocycles. The quantitative estimate of drug-likeness (QED) is 0.764. The normalized spacial score (nSPS) is 19.9. The fourth-order valence-electron chi connectivity index (χ4n) is 3.75. The zero-order valence-corrected chi connectivity index (χ0v) is 15.3. The van der Waals surface area contributed by atoms with Crippen molar-refractivity contribution in [2.45, 2.75) is 56.7 Å². The van der Waals surface area contributed by atoms with Gasteiger partial charge in [0.25, 0.3) is 5.91 Å². The van der Waals surface area contributed by atoms with Gasteiger partial charge < -0.3 is 10.6 Å². The summed E-state index contributed by atoms with van der Waals surface area (Å²) in [4.78, 5) is 38.2. The Morgan fingerprint density at radius 3 is 2.18 bits per heavy atom. The van der Waals surface area contributed by atoms with Crippen molar-refractivity contribution in [1.29, 1.82) is 0 Å². The molecule has 0 unspecified atom stereocenters. The first-order chi connectivity index (χ1) is 13.2. The molecular formula is C19H22F3N3O3. The van der Waals surface area contributed by atoms with E-state index in [9.17, 15) is 27.6 Å². The number of benzene rings is 1. The van der Waals surface area contributed by atoms with Crippen LogP contribution in [0.3, 0.4) is 0 Å². The number of amides is 4. The van der Waals surface area contributed by atoms with Gasteiger partial charge in [-0.3, -0.25) is 14.5 Å². The fourth-order valence-corrected chi connectivity index (χ4v) is 3.75. The highest BCUT2D eigenvalue weighted by Gasteiger charge is 2.50. The molecule has 1 saturated heterocycles. The van der Waals surface area contributed by atoms with E-state index in [4.69, 9.17) is 0 Å². The number of anilines is 1. The summed E-state index contributed by atoms with van der Waals surface area (Å²) < 4.78 is 37.8. The molecule has 0 atom stereocenters. The van der Waals surface area contributed by atoms with E-state index < -0.39 is 41.7 Å². The maximum Gasteiger partial charge on any atom is 0.416 e. The molecule has 4 amide bonds. The first-order valence-electron chi connectivity index (χ1n) is 9.32. The number of imide groups is 1. The number of hydrogen-bond donors (Lipinski definition) is 2. The van der Waals surface area contributed by atoms with Crippen LogP contribution in [0, 0.1) is 0 Å². The molecular weight excluding hydrogens is 375 g/mol. The van der Waals surface area contributed by atoms with Crippen molar-refractivity contribution in [1.82, 2.24) is 10.2 Å². The van der Waals surface area contributed by atoms with Crippen LogP contribution in [0.4, 0.5) is 23.7 Å². The third kappa shape index (κ3) is 4.28. The number of halogens is 3. The highest BCUT2D eigenvalue weighted by atomic mass is 19.4. The Hall–Kier alpha value is -2.58. The minimum Gasteiger partial charge on any atom is -0.325 e. The van der Waals surface area contributed by atoms with Gasteiger partial charge in [0.1, 0.15) is 12.1 Å². The summed E-state index contributed by atoms with van der Waals surface area (Å²) in [6.07, 6.45) is 1.41. The number of urea groups is 1. The van der Waals surface area contributed by atoms with Gasteiger partial charge in [-0.25, -0.2) is 4.79 Å². The average Bonchev–Trinajstić information content (AvgIpc) is 2.83. The van der Waals surface area contributed by atoms with Gasteiger partial charge in [-0.15, -0.1) is 0 Å². The van der Waals surface area contributed by atoms with Crippen LogP contribution >= 0.6 is 0 Å². The Bertz CT molecular complexity index is 754. The van der Waals surface area contributed by atoms with Crippen LogP contribution in [0.15, 0.2) is 24.3 Å². The van der Waals surface area contributed by atoms with Gasteiger partial charge in [-0.2, -0.15) is 13.2 Å². The van der Waals surface area contributed by atoms with Crippen LogP contribution in [-0.4, -0.2) is 34.8 Å². The van der Waals surface area contributed by atoms with Crippen molar-refractivity contribution >= 4 is 23.5 Å². The molecule has 2 fully saturated rings. The predicted molar refractivity (Wildman–Crippen MR) is 95.4 cm³/mol. The molecule has 1 heterocycles. The summed E-state index contributed by atoms with van der Waals surface area (Å²) in [5, 5.41) is 5.18. The Morgan fingerprint density at radius 1 is 1.04 bits per heavy atom. The van der Waals surface area contributed by atoms with E-state index in [1.807, 2.05) is 0 Å². The highest BCUT2D eigenvalue weighted by Crippen LogP contribution is 2.32. The number of alkyl halides is 3. The van der Waals surface area contributed by atoms with Crippen molar-refractivity contribution in [2.75, 3.05) is 11.9 Å². The Labute approximate surface area is 160 Å². The zero-order chi connectivity index (χ0) is 20.4. The van der Waals surface area contributed by atoms with Gasteiger partial charge in [0.2, 0.25) is 5.91 Å². The zero-order valence-electron chi connectivity index (χ0n) is 15.3. The molecule has 1 aliphatic heterocycles. The number of hydrogen-bond acceptors (Lipinski definition) is 3. The summed E-state index contributed by atoms with van der Waals surface area (Å²) in [5.41, 5.74) is -1.61. The van der Waals surface area contributed by atoms with Crippen molar-refractivity contribution < 1.29 is 27.6 Å². The molecule has 0 radical (unpaired) electrons. The van der Waals surface area contributed by atoms with Crippen LogP contribution in [0.2, 0.25) is 0 Å². The monoisotopic (exact) mass is 397 g/mol. The van der Waals surface area contributed by atoms with Crippen LogP contribution in [0.1, 0.15) is 50.5 Å². The van der Waals surface area contributed by atoms with Crippen LogP contribution < -0.4 is 10.6 Å². The second-order valence-electron chi connectivity index (χ2n) is 7.29. The molecule has 2 aliphatic rings. The molecule has 1 aromatic rings. The smallest absolute Gasteiger partial charge is 0.325 e. The maximum absolute atomic E-state index is 12.8. The van der Waals surface area contributed by atoms with E-state index in [1.165, 1.54) is 0 Å². The van der Waals surface area contributed by atoms with E-state index in [-0.39, 0.29) is 5.69 Å². The molecule has 2 N–H and O–H groups in total. The Balaban J connectivity index is 1.63. The lowest BCUT2D eigenvalue weighted by Crippen LogP contribution is -2.47. The Kier molecular flexibility index (Phi) is 5.62. The molecule has 1 saturated carbocycles. The molecule has 1 spiro atoms. The van der Waals surface area contributed by atoms with Crippen LogP contribution in [0.25, 0.3) is 0 Å². The van der Waals surface area contributed by atoms with Gasteiger partial charge in [-0.05, 0) is 37.1 Å². The lowest BCUT2D eigenvalue weighted by molar-refractivity contribution is -0.137. The highest BCUT2D eigenvalue weighted by molar-refractivity contribution is 6.10. The third-order valence-electron chi connectivity index (χ3n) is 5.25. The summed E-state index contributed by atoms with van der Waals surface area (Å²) in [6.45, 7) is -0.479. The van der Waals surface area contributed by atoms with Crippen LogP contribution in [-0.2, 0) is 15.8 Å². The van der Waals surface area contributed by atoms with Gasteiger partial charge in [0, 0.05) is 5.69 Å². The summed E-state index contributed by atoms with van der Waals surface area (Å²) in [7, 11) is 0. The lowest BCUT2D eigenvalue weighted by atomic mass is 9.84. The molecule has 0 bridgehead atoms. The second kappa shape index (κ2) is 7.81. The fraction of sp³-hybridized carbons (Fsp3) is 0.526. The van der Waals surface area contributed by atoms with Gasteiger partial charge in [-0.1, -0.05) is 32.1 Å². The number of nitrogens with one attached hydrogen (secondary N) is 2. The molecule has 0 aromatic heterocycles. The Morgan fingerprint density at radius 2 is 1.61 bits per heavy atom. The first kappa shape index (κ1) is 20.2. The van der Waals surface area contributed by atoms with Crippen molar-refractivity contribution in [3.05, 3.63) is 29.8 Å². The van der Waals surface area contributed by atoms with Gasteiger partial charge >= 0.3 is 12.2 Å². The minimum atomic E-state index is -4.46. The van der Waals surface area contributed by atoms with Crippen molar-refractivity contribution in [3.8, 4) is 0 Å². The molecule has 6 nitrogen and oxygen atoms in total. The number of rotatable bonds is 3. The SMILES string of the molecule is O=C(CN1C(=O)NC2(CCCCCCC2)C1=O)Nc1ccc(C(F)(F)F)cc1. The minimum absolute atomic E-state index is 0.158. The van der Waals surface area contributed by atoms with E-state index in [1.54, 1.807) is 0 Å². The predicted octanol–water partition coefficient (Wildman–Crippen LogP) is 3.68. The first-order valence-corrected chi connectivity index (χ1v) is 9.32. The lowest BCUT2D eigenvalue weighted by Gasteiger charge is -2.28. The summed E-state index contributed by atoms with van der Waals surface area (Å²) in [6, 6.07) is 3.36. The molecule has 28 heavy (non-hydrogen) atoms. The average molecular weight is 397 g/mol. The largest absolute Gasteiger partial charge is 0.416 e. The summed E-state index contributed by atoms with van der Waals surface area (Å²) >= 11 is 0. The summed E-state index contributed by atoms with van der Waals surface area (Å²) in [5.74, 6) is -1.05. The van der Waals surface area contributed by atoms with E-state index in [0.29, 0.717) is 12.8 Å². The van der Waals surface area contributed by atoms with Crippen molar-refractivity contribution in [3.63, 3.8) is 0 Å². The maximum atomic E-state index is 12.8. The van der Waals surface area contributed by atoms with Crippen molar-refractivity contribution in [2.24, 2.45) is 0 Å². The molecule has 3 rings (SSSR count). The van der Waals surface area contributed by atoms with Gasteiger partial charge in [0.05, 0.1) is 5.56 Å². The third-order valence-corrected chi connectivity index (χ3v) is 5.25. The van der Waals surface area contributed by atoms with E-state index in [0.717, 1.165) is 61.3 Å². The number of nitrogens with zero attached hydrogens (tertiary/aromatic N) is 1. The van der Waals surface area contributed by atoms with E-state index in [2.05, 4.69) is 10.6 Å².